The van der Waals surface area contributed by atoms with Gasteiger partial charge in [0.1, 0.15) is 0 Å². The molecule has 4 N–H and O–H groups in total. The molecular formula is C18H23ClN2O2. The summed E-state index contributed by atoms with van der Waals surface area (Å²) >= 11 is 0. The summed E-state index contributed by atoms with van der Waals surface area (Å²) in [5, 5.41) is 12.8. The van der Waals surface area contributed by atoms with E-state index in [0.29, 0.717) is 6.42 Å². The molecule has 5 heteroatoms. The predicted molar refractivity (Wildman–Crippen MR) is 94.5 cm³/mol. The number of aliphatic hydroxyl groups is 1. The number of aryl methyl sites for hydroxylation is 1. The first-order valence-electron chi connectivity index (χ1n) is 7.38. The van der Waals surface area contributed by atoms with Crippen molar-refractivity contribution in [1.82, 2.24) is 5.32 Å². The molecule has 2 rings (SSSR count). The molecule has 2 aromatic rings. The summed E-state index contributed by atoms with van der Waals surface area (Å²) < 4.78 is 0. The third-order valence-electron chi connectivity index (χ3n) is 3.57. The summed E-state index contributed by atoms with van der Waals surface area (Å²) in [5.74, 6) is -0.255. The number of nitrogens with one attached hydrogen (secondary N) is 1. The number of nitrogens with two attached hydrogens (primary N) is 1. The number of benzene rings is 2. The molecule has 2 atom stereocenters. The zero-order chi connectivity index (χ0) is 15.9. The van der Waals surface area contributed by atoms with E-state index in [9.17, 15) is 9.90 Å². The molecule has 4 nitrogen and oxygen atoms in total. The van der Waals surface area contributed by atoms with E-state index in [1.807, 2.05) is 61.5 Å². The van der Waals surface area contributed by atoms with Crippen LogP contribution in [0.4, 0.5) is 0 Å². The van der Waals surface area contributed by atoms with E-state index in [4.69, 9.17) is 5.73 Å². The van der Waals surface area contributed by atoms with Crippen LogP contribution in [0.1, 0.15) is 22.8 Å². The van der Waals surface area contributed by atoms with E-state index in [2.05, 4.69) is 5.32 Å². The Morgan fingerprint density at radius 1 is 1.13 bits per heavy atom. The van der Waals surface area contributed by atoms with Gasteiger partial charge in [0, 0.05) is 6.54 Å². The average molecular weight is 335 g/mol. The van der Waals surface area contributed by atoms with E-state index >= 15 is 0 Å². The molecule has 0 aliphatic carbocycles. The Morgan fingerprint density at radius 2 is 1.74 bits per heavy atom. The van der Waals surface area contributed by atoms with Crippen molar-refractivity contribution in [2.45, 2.75) is 25.5 Å². The van der Waals surface area contributed by atoms with E-state index in [-0.39, 0.29) is 24.9 Å². The van der Waals surface area contributed by atoms with Crippen molar-refractivity contribution in [3.63, 3.8) is 0 Å². The molecule has 0 spiro atoms. The lowest BCUT2D eigenvalue weighted by molar-refractivity contribution is -0.122. The number of aliphatic hydroxyl groups excluding tert-OH is 1. The molecule has 0 fully saturated rings. The Hall–Kier alpha value is -1.88. The lowest BCUT2D eigenvalue weighted by Crippen LogP contribution is -2.43. The van der Waals surface area contributed by atoms with Crippen molar-refractivity contribution in [3.8, 4) is 0 Å². The molecule has 0 heterocycles. The van der Waals surface area contributed by atoms with Crippen molar-refractivity contribution in [2.24, 2.45) is 5.73 Å². The molecule has 23 heavy (non-hydrogen) atoms. The van der Waals surface area contributed by atoms with E-state index in [1.165, 1.54) is 0 Å². The quantitative estimate of drug-likeness (QED) is 0.757. The number of amides is 1. The van der Waals surface area contributed by atoms with Gasteiger partial charge in [-0.25, -0.2) is 0 Å². The van der Waals surface area contributed by atoms with Gasteiger partial charge in [-0.3, -0.25) is 4.79 Å². The summed E-state index contributed by atoms with van der Waals surface area (Å²) in [5.41, 5.74) is 8.83. The van der Waals surface area contributed by atoms with Crippen LogP contribution in [-0.4, -0.2) is 23.6 Å². The molecule has 0 bridgehead atoms. The highest BCUT2D eigenvalue weighted by atomic mass is 35.5. The molecule has 0 aliphatic heterocycles. The van der Waals surface area contributed by atoms with Gasteiger partial charge in [-0.1, -0.05) is 60.2 Å². The van der Waals surface area contributed by atoms with Gasteiger partial charge in [0.25, 0.3) is 0 Å². The SMILES string of the molecule is Cc1ccc(C(O)CNC(=O)C(N)Cc2ccccc2)cc1.Cl. The molecule has 0 aromatic heterocycles. The van der Waals surface area contributed by atoms with Gasteiger partial charge < -0.3 is 16.2 Å². The number of rotatable bonds is 6. The van der Waals surface area contributed by atoms with Crippen molar-refractivity contribution < 1.29 is 9.90 Å². The van der Waals surface area contributed by atoms with Gasteiger partial charge in [-0.15, -0.1) is 12.4 Å². The molecule has 0 aliphatic rings. The van der Waals surface area contributed by atoms with Gasteiger partial charge in [0.15, 0.2) is 0 Å². The Labute approximate surface area is 143 Å². The number of hydrogen-bond donors (Lipinski definition) is 3. The van der Waals surface area contributed by atoms with E-state index in [0.717, 1.165) is 16.7 Å². The standard InChI is InChI=1S/C18H22N2O2.ClH/c1-13-7-9-15(10-8-13)17(21)12-20-18(22)16(19)11-14-5-3-2-4-6-14;/h2-10,16-17,21H,11-12,19H2,1H3,(H,20,22);1H. The average Bonchev–Trinajstić information content (AvgIpc) is 2.53. The normalized spacial score (nSPS) is 12.8. The highest BCUT2D eigenvalue weighted by Gasteiger charge is 2.15. The van der Waals surface area contributed by atoms with Gasteiger partial charge in [-0.05, 0) is 24.5 Å². The Balaban J connectivity index is 0.00000264. The summed E-state index contributed by atoms with van der Waals surface area (Å²) in [7, 11) is 0. The maximum atomic E-state index is 12.0. The van der Waals surface area contributed by atoms with Crippen LogP contribution in [0.5, 0.6) is 0 Å². The summed E-state index contributed by atoms with van der Waals surface area (Å²) in [6, 6.07) is 16.6. The van der Waals surface area contributed by atoms with Crippen LogP contribution < -0.4 is 11.1 Å². The minimum absolute atomic E-state index is 0. The fourth-order valence-electron chi connectivity index (χ4n) is 2.20. The summed E-state index contributed by atoms with van der Waals surface area (Å²) in [6.45, 7) is 2.14. The van der Waals surface area contributed by atoms with Crippen LogP contribution in [0.2, 0.25) is 0 Å². The number of carbonyl (C=O) groups excluding carboxylic acids is 1. The minimum Gasteiger partial charge on any atom is -0.387 e. The Kier molecular flexibility index (Phi) is 7.75. The molecular weight excluding hydrogens is 312 g/mol. The molecule has 0 saturated heterocycles. The first-order valence-corrected chi connectivity index (χ1v) is 7.38. The fraction of sp³-hybridized carbons (Fsp3) is 0.278. The second-order valence-corrected chi connectivity index (χ2v) is 5.47. The number of carbonyl (C=O) groups is 1. The molecule has 2 aromatic carbocycles. The smallest absolute Gasteiger partial charge is 0.237 e. The second kappa shape index (κ2) is 9.30. The zero-order valence-corrected chi connectivity index (χ0v) is 13.9. The lowest BCUT2D eigenvalue weighted by Gasteiger charge is -2.16. The van der Waals surface area contributed by atoms with Crippen molar-refractivity contribution >= 4 is 18.3 Å². The van der Waals surface area contributed by atoms with Gasteiger partial charge in [0.05, 0.1) is 12.1 Å². The van der Waals surface area contributed by atoms with Crippen molar-refractivity contribution in [2.75, 3.05) is 6.54 Å². The summed E-state index contributed by atoms with van der Waals surface area (Å²) in [6.07, 6.45) is -0.249. The molecule has 124 valence electrons. The fourth-order valence-corrected chi connectivity index (χ4v) is 2.20. The van der Waals surface area contributed by atoms with E-state index in [1.54, 1.807) is 0 Å². The maximum absolute atomic E-state index is 12.0. The highest BCUT2D eigenvalue weighted by molar-refractivity contribution is 5.85. The molecule has 1 amide bonds. The maximum Gasteiger partial charge on any atom is 0.237 e. The Morgan fingerprint density at radius 3 is 2.35 bits per heavy atom. The number of halogens is 1. The summed E-state index contributed by atoms with van der Waals surface area (Å²) in [4.78, 5) is 12.0. The molecule has 0 saturated carbocycles. The van der Waals surface area contributed by atoms with Gasteiger partial charge in [0.2, 0.25) is 5.91 Å². The number of hydrogen-bond acceptors (Lipinski definition) is 3. The van der Waals surface area contributed by atoms with Crippen molar-refractivity contribution in [1.29, 1.82) is 0 Å². The Bertz CT molecular complexity index is 602. The lowest BCUT2D eigenvalue weighted by atomic mass is 10.1. The highest BCUT2D eigenvalue weighted by Crippen LogP contribution is 2.12. The van der Waals surface area contributed by atoms with Gasteiger partial charge in [-0.2, -0.15) is 0 Å². The minimum atomic E-state index is -0.728. The topological polar surface area (TPSA) is 75.3 Å². The second-order valence-electron chi connectivity index (χ2n) is 5.47. The van der Waals surface area contributed by atoms with Gasteiger partial charge >= 0.3 is 0 Å². The third kappa shape index (κ3) is 6.02. The van der Waals surface area contributed by atoms with E-state index < -0.39 is 12.1 Å². The molecule has 2 unspecified atom stereocenters. The third-order valence-corrected chi connectivity index (χ3v) is 3.57. The first kappa shape index (κ1) is 19.2. The van der Waals surface area contributed by atoms with Crippen molar-refractivity contribution in [3.05, 3.63) is 71.3 Å². The predicted octanol–water partition coefficient (Wildman–Crippen LogP) is 2.14. The molecule has 0 radical (unpaired) electrons. The largest absolute Gasteiger partial charge is 0.387 e. The van der Waals surface area contributed by atoms with Crippen LogP contribution in [0.15, 0.2) is 54.6 Å². The van der Waals surface area contributed by atoms with Crippen LogP contribution >= 0.6 is 12.4 Å². The van der Waals surface area contributed by atoms with Crippen LogP contribution in [0, 0.1) is 6.92 Å². The zero-order valence-electron chi connectivity index (χ0n) is 13.1. The first-order chi connectivity index (χ1) is 10.6. The van der Waals surface area contributed by atoms with Crippen LogP contribution in [-0.2, 0) is 11.2 Å². The van der Waals surface area contributed by atoms with Crippen LogP contribution in [0.25, 0.3) is 0 Å². The van der Waals surface area contributed by atoms with Crippen LogP contribution in [0.3, 0.4) is 0 Å². The monoisotopic (exact) mass is 334 g/mol.